The van der Waals surface area contributed by atoms with Gasteiger partial charge in [-0.25, -0.2) is 0 Å². The number of nitrogens with zero attached hydrogens (tertiary/aromatic N) is 1. The van der Waals surface area contributed by atoms with Gasteiger partial charge in [0.25, 0.3) is 0 Å². The van der Waals surface area contributed by atoms with E-state index in [0.29, 0.717) is 6.54 Å². The number of carboxylic acids is 1. The Kier molecular flexibility index (Phi) is 3.62. The number of carboxylic acid groups (broad SMARTS) is 1. The minimum atomic E-state index is -1.15. The number of ether oxygens (including phenoxy) is 1. The first-order valence-corrected chi connectivity index (χ1v) is 5.72. The number of carbonyl (C=O) groups is 2. The predicted molar refractivity (Wildman–Crippen MR) is 61.2 cm³/mol. The smallest absolute Gasteiger partial charge is 0.323 e. The molecule has 1 aliphatic rings. The third-order valence-electron chi connectivity index (χ3n) is 3.20. The van der Waals surface area contributed by atoms with Crippen molar-refractivity contribution in [2.45, 2.75) is 25.0 Å². The molecule has 0 aromatic heterocycles. The largest absolute Gasteiger partial charge is 0.548 e. The van der Waals surface area contributed by atoms with Gasteiger partial charge in [-0.3, -0.25) is 9.69 Å². The van der Waals surface area contributed by atoms with Gasteiger partial charge in [-0.05, 0) is 12.0 Å². The molecule has 2 unspecified atom stereocenters. The van der Waals surface area contributed by atoms with E-state index in [1.807, 2.05) is 30.3 Å². The van der Waals surface area contributed by atoms with Crippen LogP contribution in [0.1, 0.15) is 12.0 Å². The number of hydrogen-bond acceptors (Lipinski definition) is 5. The lowest BCUT2D eigenvalue weighted by Gasteiger charge is -2.47. The minimum Gasteiger partial charge on any atom is -0.548 e. The summed E-state index contributed by atoms with van der Waals surface area (Å²) in [6.45, 7) is 0.402. The molecule has 96 valence electrons. The lowest BCUT2D eigenvalue weighted by Crippen LogP contribution is -2.64. The van der Waals surface area contributed by atoms with Crippen LogP contribution in [0.15, 0.2) is 30.3 Å². The highest BCUT2D eigenvalue weighted by Gasteiger charge is 2.44. The van der Waals surface area contributed by atoms with Crippen LogP contribution in [-0.4, -0.2) is 36.0 Å². The molecule has 5 nitrogen and oxygen atoms in total. The molecule has 5 heteroatoms. The summed E-state index contributed by atoms with van der Waals surface area (Å²) in [4.78, 5) is 24.0. The quantitative estimate of drug-likeness (QED) is 0.675. The Morgan fingerprint density at radius 3 is 2.56 bits per heavy atom. The van der Waals surface area contributed by atoms with E-state index in [1.54, 1.807) is 4.90 Å². The topological polar surface area (TPSA) is 69.7 Å². The zero-order valence-corrected chi connectivity index (χ0v) is 10.0. The molecule has 1 aliphatic heterocycles. The molecular weight excluding hydrogens is 234 g/mol. The van der Waals surface area contributed by atoms with Gasteiger partial charge in [-0.2, -0.15) is 0 Å². The lowest BCUT2D eigenvalue weighted by molar-refractivity contribution is -0.317. The predicted octanol–water partition coefficient (Wildman–Crippen LogP) is -0.448. The number of hydrogen-bond donors (Lipinski definition) is 0. The second-order valence-electron chi connectivity index (χ2n) is 4.27. The number of aliphatic carboxylic acids is 1. The summed E-state index contributed by atoms with van der Waals surface area (Å²) >= 11 is 0. The van der Waals surface area contributed by atoms with Crippen LogP contribution >= 0.6 is 0 Å². The SMILES string of the molecule is COC(=O)C1CC(C(=O)[O-])N1Cc1ccccc1. The third kappa shape index (κ3) is 2.36. The zero-order chi connectivity index (χ0) is 13.1. The van der Waals surface area contributed by atoms with Gasteiger partial charge in [0.05, 0.1) is 19.1 Å². The first-order chi connectivity index (χ1) is 8.63. The summed E-state index contributed by atoms with van der Waals surface area (Å²) in [6.07, 6.45) is 0.252. The van der Waals surface area contributed by atoms with Crippen molar-refractivity contribution in [3.63, 3.8) is 0 Å². The van der Waals surface area contributed by atoms with Crippen LogP contribution in [-0.2, 0) is 20.9 Å². The fraction of sp³-hybridized carbons (Fsp3) is 0.385. The molecule has 0 spiro atoms. The molecule has 18 heavy (non-hydrogen) atoms. The third-order valence-corrected chi connectivity index (χ3v) is 3.20. The van der Waals surface area contributed by atoms with Crippen LogP contribution in [0.3, 0.4) is 0 Å². The summed E-state index contributed by atoms with van der Waals surface area (Å²) in [7, 11) is 1.30. The van der Waals surface area contributed by atoms with E-state index >= 15 is 0 Å². The molecule has 2 rings (SSSR count). The Labute approximate surface area is 105 Å². The summed E-state index contributed by atoms with van der Waals surface area (Å²) in [6, 6.07) is 8.20. The van der Waals surface area contributed by atoms with Crippen molar-refractivity contribution in [3.05, 3.63) is 35.9 Å². The summed E-state index contributed by atoms with van der Waals surface area (Å²) in [5, 5.41) is 10.9. The normalized spacial score (nSPS) is 23.2. The Morgan fingerprint density at radius 2 is 2.00 bits per heavy atom. The van der Waals surface area contributed by atoms with Crippen molar-refractivity contribution in [1.29, 1.82) is 0 Å². The van der Waals surface area contributed by atoms with Crippen molar-refractivity contribution in [2.24, 2.45) is 0 Å². The number of carbonyl (C=O) groups excluding carboxylic acids is 2. The number of methoxy groups -OCH3 is 1. The van der Waals surface area contributed by atoms with Gasteiger partial charge >= 0.3 is 5.97 Å². The van der Waals surface area contributed by atoms with Crippen LogP contribution in [0.25, 0.3) is 0 Å². The Balaban J connectivity index is 2.10. The second kappa shape index (κ2) is 5.18. The van der Waals surface area contributed by atoms with E-state index in [2.05, 4.69) is 4.74 Å². The van der Waals surface area contributed by atoms with Gasteiger partial charge in [0.1, 0.15) is 6.04 Å². The minimum absolute atomic E-state index is 0.252. The summed E-state index contributed by atoms with van der Waals surface area (Å²) < 4.78 is 4.66. The molecule has 0 radical (unpaired) electrons. The van der Waals surface area contributed by atoms with Crippen LogP contribution in [0.2, 0.25) is 0 Å². The van der Waals surface area contributed by atoms with Crippen LogP contribution < -0.4 is 5.11 Å². The highest BCUT2D eigenvalue weighted by Crippen LogP contribution is 2.28. The van der Waals surface area contributed by atoms with E-state index in [1.165, 1.54) is 7.11 Å². The highest BCUT2D eigenvalue weighted by atomic mass is 16.5. The van der Waals surface area contributed by atoms with Gasteiger partial charge in [-0.1, -0.05) is 30.3 Å². The van der Waals surface area contributed by atoms with E-state index < -0.39 is 24.0 Å². The van der Waals surface area contributed by atoms with E-state index in [4.69, 9.17) is 0 Å². The van der Waals surface area contributed by atoms with Gasteiger partial charge in [0.2, 0.25) is 0 Å². The van der Waals surface area contributed by atoms with E-state index in [9.17, 15) is 14.7 Å². The van der Waals surface area contributed by atoms with Crippen molar-refractivity contribution in [3.8, 4) is 0 Å². The number of rotatable bonds is 4. The molecule has 0 amide bonds. The zero-order valence-electron chi connectivity index (χ0n) is 10.0. The monoisotopic (exact) mass is 248 g/mol. The standard InChI is InChI=1S/C13H15NO4/c1-18-13(17)11-7-10(12(15)16)14(11)8-9-5-3-2-4-6-9/h2-6,10-11H,7-8H2,1H3,(H,15,16)/p-1. The van der Waals surface area contributed by atoms with Crippen molar-refractivity contribution >= 4 is 11.9 Å². The van der Waals surface area contributed by atoms with Crippen molar-refractivity contribution in [2.75, 3.05) is 7.11 Å². The maximum atomic E-state index is 11.5. The number of benzene rings is 1. The fourth-order valence-electron chi connectivity index (χ4n) is 2.18. The molecular formula is C13H14NO4-. The van der Waals surface area contributed by atoms with Gasteiger partial charge in [0.15, 0.2) is 0 Å². The van der Waals surface area contributed by atoms with E-state index in [-0.39, 0.29) is 6.42 Å². The molecule has 0 saturated carbocycles. The van der Waals surface area contributed by atoms with Gasteiger partial charge in [0, 0.05) is 6.54 Å². The van der Waals surface area contributed by atoms with Crippen LogP contribution in [0, 0.1) is 0 Å². The Morgan fingerprint density at radius 1 is 1.33 bits per heavy atom. The maximum Gasteiger partial charge on any atom is 0.323 e. The molecule has 1 saturated heterocycles. The number of esters is 1. The first-order valence-electron chi connectivity index (χ1n) is 5.72. The lowest BCUT2D eigenvalue weighted by atomic mass is 9.92. The van der Waals surface area contributed by atoms with Crippen molar-refractivity contribution in [1.82, 2.24) is 4.90 Å². The highest BCUT2D eigenvalue weighted by molar-refractivity contribution is 5.82. The van der Waals surface area contributed by atoms with Crippen LogP contribution in [0.5, 0.6) is 0 Å². The Bertz CT molecular complexity index is 446. The molecule has 0 bridgehead atoms. The molecule has 0 N–H and O–H groups in total. The summed E-state index contributed by atoms with van der Waals surface area (Å²) in [5.41, 5.74) is 0.956. The molecule has 2 atom stereocenters. The Hall–Kier alpha value is -1.88. The first kappa shape index (κ1) is 12.6. The maximum absolute atomic E-state index is 11.5. The molecule has 0 aliphatic carbocycles. The molecule has 1 aromatic rings. The molecule has 1 aromatic carbocycles. The molecule has 1 heterocycles. The summed E-state index contributed by atoms with van der Waals surface area (Å²) in [5.74, 6) is -1.55. The molecule has 1 fully saturated rings. The van der Waals surface area contributed by atoms with Gasteiger partial charge in [-0.15, -0.1) is 0 Å². The fourth-order valence-corrected chi connectivity index (χ4v) is 2.18. The van der Waals surface area contributed by atoms with Crippen LogP contribution in [0.4, 0.5) is 0 Å². The number of likely N-dealkylation sites (tertiary alicyclic amines) is 1. The average molecular weight is 248 g/mol. The van der Waals surface area contributed by atoms with Gasteiger partial charge < -0.3 is 14.6 Å². The van der Waals surface area contributed by atoms with E-state index in [0.717, 1.165) is 5.56 Å². The average Bonchev–Trinajstić information content (AvgIpc) is 2.35. The van der Waals surface area contributed by atoms with Crippen molar-refractivity contribution < 1.29 is 19.4 Å². The second-order valence-corrected chi connectivity index (χ2v) is 4.27.